The molecular formula is C20H29N3OS. The first-order valence-electron chi connectivity index (χ1n) is 9.33. The van der Waals surface area contributed by atoms with Gasteiger partial charge in [-0.1, -0.05) is 12.5 Å². The molecule has 0 atom stereocenters. The van der Waals surface area contributed by atoms with E-state index >= 15 is 0 Å². The minimum atomic E-state index is 0.874. The van der Waals surface area contributed by atoms with E-state index < -0.39 is 0 Å². The van der Waals surface area contributed by atoms with Gasteiger partial charge in [-0.05, 0) is 50.2 Å². The zero-order valence-electron chi connectivity index (χ0n) is 15.2. The maximum absolute atomic E-state index is 5.40. The monoisotopic (exact) mass is 359 g/mol. The number of rotatable bonds is 9. The molecule has 0 spiro atoms. The van der Waals surface area contributed by atoms with E-state index in [1.807, 2.05) is 24.4 Å². The Hall–Kier alpha value is -1.46. The summed E-state index contributed by atoms with van der Waals surface area (Å²) in [6, 6.07) is 8.11. The number of likely N-dealkylation sites (tertiary alicyclic amines) is 1. The van der Waals surface area contributed by atoms with Gasteiger partial charge in [0.25, 0.3) is 0 Å². The molecule has 0 amide bonds. The van der Waals surface area contributed by atoms with Gasteiger partial charge >= 0.3 is 0 Å². The lowest BCUT2D eigenvalue weighted by Gasteiger charge is -2.26. The molecule has 3 rings (SSSR count). The van der Waals surface area contributed by atoms with Crippen LogP contribution in [0.4, 0.5) is 5.69 Å². The minimum absolute atomic E-state index is 0.874. The van der Waals surface area contributed by atoms with Crippen molar-refractivity contribution in [2.45, 2.75) is 25.7 Å². The Bertz CT molecular complexity index is 658. The van der Waals surface area contributed by atoms with Crippen molar-refractivity contribution in [2.24, 2.45) is 0 Å². The third kappa shape index (κ3) is 5.51. The van der Waals surface area contributed by atoms with E-state index in [4.69, 9.17) is 4.74 Å². The van der Waals surface area contributed by atoms with Gasteiger partial charge in [0.05, 0.1) is 18.3 Å². The predicted octanol–water partition coefficient (Wildman–Crippen LogP) is 4.26. The van der Waals surface area contributed by atoms with E-state index in [0.717, 1.165) is 35.3 Å². The average Bonchev–Trinajstić information content (AvgIpc) is 2.67. The minimum Gasteiger partial charge on any atom is -0.497 e. The van der Waals surface area contributed by atoms with Gasteiger partial charge in [0.1, 0.15) is 5.75 Å². The molecule has 136 valence electrons. The molecule has 1 aromatic heterocycles. The van der Waals surface area contributed by atoms with Gasteiger partial charge in [-0.3, -0.25) is 4.98 Å². The Balaban J connectivity index is 1.39. The number of anilines is 1. The van der Waals surface area contributed by atoms with Crippen molar-refractivity contribution in [3.63, 3.8) is 0 Å². The van der Waals surface area contributed by atoms with E-state index in [-0.39, 0.29) is 0 Å². The van der Waals surface area contributed by atoms with Crippen LogP contribution >= 0.6 is 11.8 Å². The van der Waals surface area contributed by atoms with Crippen molar-refractivity contribution in [1.82, 2.24) is 9.88 Å². The second-order valence-electron chi connectivity index (χ2n) is 6.55. The number of hydrogen-bond donors (Lipinski definition) is 1. The third-order valence-electron chi connectivity index (χ3n) is 4.70. The molecule has 2 aromatic rings. The normalized spacial score (nSPS) is 15.4. The van der Waals surface area contributed by atoms with Crippen LogP contribution < -0.4 is 10.1 Å². The Morgan fingerprint density at radius 3 is 2.92 bits per heavy atom. The first-order chi connectivity index (χ1) is 12.4. The first kappa shape index (κ1) is 18.3. The molecule has 1 aliphatic heterocycles. The van der Waals surface area contributed by atoms with Crippen LogP contribution in [0.2, 0.25) is 0 Å². The molecule has 4 nitrogen and oxygen atoms in total. The van der Waals surface area contributed by atoms with E-state index in [1.54, 1.807) is 7.11 Å². The fourth-order valence-electron chi connectivity index (χ4n) is 3.29. The molecule has 2 heterocycles. The number of ether oxygens (including phenoxy) is 1. The second kappa shape index (κ2) is 9.88. The molecule has 1 N–H and O–H groups in total. The SMILES string of the molecule is COc1cc(NCCCSCCN2CCCCC2)c2ncccc2c1. The lowest BCUT2D eigenvalue weighted by Crippen LogP contribution is -2.31. The molecule has 25 heavy (non-hydrogen) atoms. The Morgan fingerprint density at radius 1 is 1.20 bits per heavy atom. The second-order valence-corrected chi connectivity index (χ2v) is 7.77. The van der Waals surface area contributed by atoms with Gasteiger partial charge < -0.3 is 15.0 Å². The Labute approximate surface area is 155 Å². The van der Waals surface area contributed by atoms with Gasteiger partial charge in [-0.2, -0.15) is 11.8 Å². The number of nitrogens with zero attached hydrogens (tertiary/aromatic N) is 2. The van der Waals surface area contributed by atoms with Gasteiger partial charge in [-0.15, -0.1) is 0 Å². The summed E-state index contributed by atoms with van der Waals surface area (Å²) in [5, 5.41) is 4.65. The summed E-state index contributed by atoms with van der Waals surface area (Å²) in [4.78, 5) is 7.12. The quantitative estimate of drug-likeness (QED) is 0.677. The molecular weight excluding hydrogens is 330 g/mol. The smallest absolute Gasteiger partial charge is 0.121 e. The van der Waals surface area contributed by atoms with Crippen LogP contribution in [0.1, 0.15) is 25.7 Å². The zero-order chi connectivity index (χ0) is 17.3. The number of aromatic nitrogens is 1. The molecule has 0 aliphatic carbocycles. The maximum Gasteiger partial charge on any atom is 0.121 e. The number of methoxy groups -OCH3 is 1. The van der Waals surface area contributed by atoms with Crippen LogP contribution in [-0.2, 0) is 0 Å². The lowest BCUT2D eigenvalue weighted by atomic mass is 10.1. The largest absolute Gasteiger partial charge is 0.497 e. The molecule has 0 bridgehead atoms. The number of piperidine rings is 1. The summed E-state index contributed by atoms with van der Waals surface area (Å²) in [6.07, 6.45) is 7.20. The van der Waals surface area contributed by atoms with Crippen molar-refractivity contribution in [3.05, 3.63) is 30.5 Å². The predicted molar refractivity (Wildman–Crippen MR) is 109 cm³/mol. The zero-order valence-corrected chi connectivity index (χ0v) is 16.0. The molecule has 5 heteroatoms. The Kier molecular flexibility index (Phi) is 7.24. The molecule has 1 saturated heterocycles. The third-order valence-corrected chi connectivity index (χ3v) is 5.74. The van der Waals surface area contributed by atoms with Crippen molar-refractivity contribution in [2.75, 3.05) is 50.1 Å². The number of benzene rings is 1. The molecule has 0 saturated carbocycles. The summed E-state index contributed by atoms with van der Waals surface area (Å²) in [7, 11) is 1.71. The molecule has 0 unspecified atom stereocenters. The summed E-state index contributed by atoms with van der Waals surface area (Å²) in [5.41, 5.74) is 2.08. The number of nitrogens with one attached hydrogen (secondary N) is 1. The van der Waals surface area contributed by atoms with Gasteiger partial charge in [-0.25, -0.2) is 0 Å². The van der Waals surface area contributed by atoms with E-state index in [9.17, 15) is 0 Å². The highest BCUT2D eigenvalue weighted by molar-refractivity contribution is 7.99. The summed E-state index contributed by atoms with van der Waals surface area (Å²) in [5.74, 6) is 3.33. The summed E-state index contributed by atoms with van der Waals surface area (Å²) in [6.45, 7) is 4.83. The number of hydrogen-bond acceptors (Lipinski definition) is 5. The standard InChI is InChI=1S/C20H29N3OS/c1-24-18-15-17-7-5-8-22-20(17)19(16-18)21-9-6-13-25-14-12-23-10-3-2-4-11-23/h5,7-8,15-16,21H,2-4,6,9-14H2,1H3. The van der Waals surface area contributed by atoms with Crippen LogP contribution in [0.3, 0.4) is 0 Å². The number of fused-ring (bicyclic) bond motifs is 1. The average molecular weight is 360 g/mol. The maximum atomic E-state index is 5.40. The van der Waals surface area contributed by atoms with Crippen LogP contribution in [0.15, 0.2) is 30.5 Å². The highest BCUT2D eigenvalue weighted by Gasteiger charge is 2.09. The van der Waals surface area contributed by atoms with Gasteiger partial charge in [0.2, 0.25) is 0 Å². The first-order valence-corrected chi connectivity index (χ1v) is 10.5. The van der Waals surface area contributed by atoms with E-state index in [1.165, 1.54) is 50.4 Å². The molecule has 1 aromatic carbocycles. The van der Waals surface area contributed by atoms with Crippen molar-refractivity contribution in [3.8, 4) is 5.75 Å². The molecule has 1 fully saturated rings. The highest BCUT2D eigenvalue weighted by atomic mass is 32.2. The fraction of sp³-hybridized carbons (Fsp3) is 0.550. The van der Waals surface area contributed by atoms with Crippen LogP contribution in [-0.4, -0.2) is 54.7 Å². The summed E-state index contributed by atoms with van der Waals surface area (Å²) < 4.78 is 5.40. The molecule has 1 aliphatic rings. The van der Waals surface area contributed by atoms with Crippen LogP contribution in [0.25, 0.3) is 10.9 Å². The number of thioether (sulfide) groups is 1. The summed E-state index contributed by atoms with van der Waals surface area (Å²) >= 11 is 2.07. The van der Waals surface area contributed by atoms with Gasteiger partial charge in [0.15, 0.2) is 0 Å². The fourth-order valence-corrected chi connectivity index (χ4v) is 4.23. The number of pyridine rings is 1. The highest BCUT2D eigenvalue weighted by Crippen LogP contribution is 2.27. The van der Waals surface area contributed by atoms with Crippen molar-refractivity contribution in [1.29, 1.82) is 0 Å². The van der Waals surface area contributed by atoms with Crippen molar-refractivity contribution >= 4 is 28.4 Å². The topological polar surface area (TPSA) is 37.4 Å². The van der Waals surface area contributed by atoms with Gasteiger partial charge in [0, 0.05) is 36.5 Å². The lowest BCUT2D eigenvalue weighted by molar-refractivity contribution is 0.242. The van der Waals surface area contributed by atoms with Crippen LogP contribution in [0.5, 0.6) is 5.75 Å². The van der Waals surface area contributed by atoms with Crippen molar-refractivity contribution < 1.29 is 4.74 Å². The Morgan fingerprint density at radius 2 is 2.08 bits per heavy atom. The van der Waals surface area contributed by atoms with Crippen LogP contribution in [0, 0.1) is 0 Å². The van der Waals surface area contributed by atoms with E-state index in [0.29, 0.717) is 0 Å². The molecule has 0 radical (unpaired) electrons. The van der Waals surface area contributed by atoms with E-state index in [2.05, 4.69) is 33.0 Å².